The molecule has 3 aromatic rings. The summed E-state index contributed by atoms with van der Waals surface area (Å²) in [5.41, 5.74) is 4.71. The van der Waals surface area contributed by atoms with Gasteiger partial charge in [0.2, 0.25) is 0 Å². The van der Waals surface area contributed by atoms with E-state index < -0.39 is 0 Å². The third-order valence-corrected chi connectivity index (χ3v) is 5.97. The summed E-state index contributed by atoms with van der Waals surface area (Å²) in [7, 11) is 0. The molecule has 0 aromatic carbocycles. The van der Waals surface area contributed by atoms with E-state index in [-0.39, 0.29) is 11.3 Å². The molecular formula is C23H23N5O. The number of fused-ring (bicyclic) bond motifs is 2. The van der Waals surface area contributed by atoms with E-state index in [1.807, 2.05) is 48.5 Å². The predicted octanol–water partition coefficient (Wildman–Crippen LogP) is 2.98. The minimum absolute atomic E-state index is 0.00812. The standard InChI is InChI=1S/C23H23N5O/c1-17-5-2-7-19(26-17)22(29)27-12-9-23(15-27)16-28(14-18-6-3-10-24-13-18)20-8-4-11-25-21(20)23/h2-8,10-11,13H,9,12,14-16H2,1H3/t23-/m0/s1. The third-order valence-electron chi connectivity index (χ3n) is 5.97. The maximum absolute atomic E-state index is 13.0. The fourth-order valence-electron chi connectivity index (χ4n) is 4.63. The van der Waals surface area contributed by atoms with Gasteiger partial charge in [-0.1, -0.05) is 12.1 Å². The summed E-state index contributed by atoms with van der Waals surface area (Å²) in [4.78, 5) is 30.8. The molecule has 3 aromatic heterocycles. The van der Waals surface area contributed by atoms with Gasteiger partial charge in [0.25, 0.3) is 5.91 Å². The van der Waals surface area contributed by atoms with Crippen molar-refractivity contribution < 1.29 is 4.79 Å². The topological polar surface area (TPSA) is 62.2 Å². The van der Waals surface area contributed by atoms with Crippen molar-refractivity contribution in [1.29, 1.82) is 0 Å². The molecule has 0 aliphatic carbocycles. The van der Waals surface area contributed by atoms with Crippen LogP contribution in [0, 0.1) is 6.92 Å². The largest absolute Gasteiger partial charge is 0.365 e. The lowest BCUT2D eigenvalue weighted by molar-refractivity contribution is 0.0778. The quantitative estimate of drug-likeness (QED) is 0.694. The van der Waals surface area contributed by atoms with Gasteiger partial charge in [0.15, 0.2) is 0 Å². The molecule has 6 heteroatoms. The van der Waals surface area contributed by atoms with Crippen molar-refractivity contribution in [2.24, 2.45) is 0 Å². The van der Waals surface area contributed by atoms with E-state index in [1.54, 1.807) is 12.3 Å². The van der Waals surface area contributed by atoms with Crippen LogP contribution in [0.4, 0.5) is 5.69 Å². The van der Waals surface area contributed by atoms with Crippen LogP contribution >= 0.6 is 0 Å². The highest BCUT2D eigenvalue weighted by Gasteiger charge is 2.49. The van der Waals surface area contributed by atoms with Crippen LogP contribution in [0.1, 0.15) is 33.9 Å². The Kier molecular flexibility index (Phi) is 4.27. The molecule has 2 aliphatic heterocycles. The number of rotatable bonds is 3. The van der Waals surface area contributed by atoms with Crippen LogP contribution < -0.4 is 4.90 Å². The zero-order valence-corrected chi connectivity index (χ0v) is 16.5. The fourth-order valence-corrected chi connectivity index (χ4v) is 4.63. The van der Waals surface area contributed by atoms with E-state index in [0.717, 1.165) is 37.4 Å². The summed E-state index contributed by atoms with van der Waals surface area (Å²) in [5, 5.41) is 0. The van der Waals surface area contributed by atoms with E-state index in [4.69, 9.17) is 4.98 Å². The maximum atomic E-state index is 13.0. The molecule has 0 bridgehead atoms. The highest BCUT2D eigenvalue weighted by atomic mass is 16.2. The Morgan fingerprint density at radius 1 is 1.10 bits per heavy atom. The average Bonchev–Trinajstić information content (AvgIpc) is 3.31. The molecule has 1 saturated heterocycles. The summed E-state index contributed by atoms with van der Waals surface area (Å²) in [6.45, 7) is 4.97. The molecule has 146 valence electrons. The Labute approximate surface area is 170 Å². The van der Waals surface area contributed by atoms with Gasteiger partial charge in [-0.05, 0) is 49.2 Å². The Bertz CT molecular complexity index is 1050. The second-order valence-electron chi connectivity index (χ2n) is 8.01. The molecule has 6 nitrogen and oxygen atoms in total. The molecule has 1 atom stereocenters. The Balaban J connectivity index is 1.41. The number of anilines is 1. The molecule has 1 amide bonds. The number of pyridine rings is 3. The number of aromatic nitrogens is 3. The molecule has 1 fully saturated rings. The normalized spacial score (nSPS) is 20.3. The first-order chi connectivity index (χ1) is 14.1. The van der Waals surface area contributed by atoms with Gasteiger partial charge in [-0.15, -0.1) is 0 Å². The predicted molar refractivity (Wildman–Crippen MR) is 111 cm³/mol. The molecule has 29 heavy (non-hydrogen) atoms. The van der Waals surface area contributed by atoms with Gasteiger partial charge < -0.3 is 9.80 Å². The van der Waals surface area contributed by atoms with Crippen molar-refractivity contribution in [2.45, 2.75) is 25.3 Å². The number of likely N-dealkylation sites (tertiary alicyclic amines) is 1. The van der Waals surface area contributed by atoms with Crippen LogP contribution in [-0.4, -0.2) is 45.4 Å². The summed E-state index contributed by atoms with van der Waals surface area (Å²) in [5.74, 6) is 0.00812. The van der Waals surface area contributed by atoms with Crippen LogP contribution in [0.5, 0.6) is 0 Å². The minimum Gasteiger partial charge on any atom is -0.365 e. The Morgan fingerprint density at radius 2 is 2.00 bits per heavy atom. The van der Waals surface area contributed by atoms with Crippen LogP contribution in [0.15, 0.2) is 61.1 Å². The zero-order valence-electron chi connectivity index (χ0n) is 16.5. The zero-order chi connectivity index (χ0) is 19.8. The summed E-state index contributed by atoms with van der Waals surface area (Å²) >= 11 is 0. The summed E-state index contributed by atoms with van der Waals surface area (Å²) in [6, 6.07) is 13.8. The number of carbonyl (C=O) groups is 1. The van der Waals surface area contributed by atoms with Crippen molar-refractivity contribution >= 4 is 11.6 Å². The van der Waals surface area contributed by atoms with Crippen LogP contribution in [0.2, 0.25) is 0 Å². The minimum atomic E-state index is -0.127. The highest BCUT2D eigenvalue weighted by Crippen LogP contribution is 2.45. The first-order valence-corrected chi connectivity index (χ1v) is 9.97. The number of hydrogen-bond acceptors (Lipinski definition) is 5. The van der Waals surface area contributed by atoms with Gasteiger partial charge in [-0.3, -0.25) is 14.8 Å². The lowest BCUT2D eigenvalue weighted by atomic mass is 9.85. The second kappa shape index (κ2) is 6.95. The average molecular weight is 385 g/mol. The summed E-state index contributed by atoms with van der Waals surface area (Å²) in [6.07, 6.45) is 6.48. The smallest absolute Gasteiger partial charge is 0.272 e. The fraction of sp³-hybridized carbons (Fsp3) is 0.304. The first kappa shape index (κ1) is 17.8. The molecule has 0 radical (unpaired) electrons. The van der Waals surface area contributed by atoms with Crippen molar-refractivity contribution in [3.63, 3.8) is 0 Å². The van der Waals surface area contributed by atoms with Crippen molar-refractivity contribution in [1.82, 2.24) is 19.9 Å². The lowest BCUT2D eigenvalue weighted by Gasteiger charge is -2.25. The second-order valence-corrected chi connectivity index (χ2v) is 8.01. The van der Waals surface area contributed by atoms with Crippen LogP contribution in [0.25, 0.3) is 0 Å². The van der Waals surface area contributed by atoms with Crippen LogP contribution in [0.3, 0.4) is 0 Å². The molecule has 0 N–H and O–H groups in total. The van der Waals surface area contributed by atoms with Gasteiger partial charge in [0.05, 0.1) is 16.8 Å². The lowest BCUT2D eigenvalue weighted by Crippen LogP contribution is -2.38. The third kappa shape index (κ3) is 3.14. The SMILES string of the molecule is Cc1cccc(C(=O)N2CC[C@]3(C2)CN(Cc2cccnc2)c2cccnc23)n1. The van der Waals surface area contributed by atoms with Gasteiger partial charge in [0, 0.05) is 50.5 Å². The van der Waals surface area contributed by atoms with E-state index in [9.17, 15) is 4.79 Å². The summed E-state index contributed by atoms with van der Waals surface area (Å²) < 4.78 is 0. The molecular weight excluding hydrogens is 362 g/mol. The first-order valence-electron chi connectivity index (χ1n) is 9.97. The number of carbonyl (C=O) groups excluding carboxylic acids is 1. The van der Waals surface area contributed by atoms with Crippen LogP contribution in [-0.2, 0) is 12.0 Å². The van der Waals surface area contributed by atoms with Crippen molar-refractivity contribution in [3.8, 4) is 0 Å². The number of aryl methyl sites for hydroxylation is 1. The van der Waals surface area contributed by atoms with E-state index in [1.165, 1.54) is 11.3 Å². The van der Waals surface area contributed by atoms with Gasteiger partial charge in [-0.25, -0.2) is 4.98 Å². The molecule has 0 unspecified atom stereocenters. The molecule has 5 rings (SSSR count). The van der Waals surface area contributed by atoms with Gasteiger partial charge in [-0.2, -0.15) is 0 Å². The van der Waals surface area contributed by atoms with Crippen molar-refractivity contribution in [3.05, 3.63) is 83.7 Å². The van der Waals surface area contributed by atoms with Gasteiger partial charge in [0.1, 0.15) is 5.69 Å². The number of nitrogens with zero attached hydrogens (tertiary/aromatic N) is 5. The number of amides is 1. The van der Waals surface area contributed by atoms with E-state index in [0.29, 0.717) is 12.2 Å². The monoisotopic (exact) mass is 385 g/mol. The Morgan fingerprint density at radius 3 is 2.83 bits per heavy atom. The molecule has 2 aliphatic rings. The van der Waals surface area contributed by atoms with E-state index in [2.05, 4.69) is 27.0 Å². The highest BCUT2D eigenvalue weighted by molar-refractivity contribution is 5.92. The van der Waals surface area contributed by atoms with Gasteiger partial charge >= 0.3 is 0 Å². The number of hydrogen-bond donors (Lipinski definition) is 0. The molecule has 5 heterocycles. The van der Waals surface area contributed by atoms with E-state index >= 15 is 0 Å². The maximum Gasteiger partial charge on any atom is 0.272 e. The molecule has 0 saturated carbocycles. The Hall–Kier alpha value is -3.28. The molecule has 1 spiro atoms. The van der Waals surface area contributed by atoms with Crippen molar-refractivity contribution in [2.75, 3.05) is 24.5 Å².